The third-order valence-electron chi connectivity index (χ3n) is 6.90. The first-order valence-corrected chi connectivity index (χ1v) is 13.2. The lowest BCUT2D eigenvalue weighted by Crippen LogP contribution is -2.40. The number of fused-ring (bicyclic) bond motifs is 1. The van der Waals surface area contributed by atoms with Gasteiger partial charge in [-0.25, -0.2) is 0 Å². The number of benzene rings is 2. The average Bonchev–Trinajstić information content (AvgIpc) is 3.66. The van der Waals surface area contributed by atoms with Crippen molar-refractivity contribution >= 4 is 44.9 Å². The Morgan fingerprint density at radius 3 is 2.54 bits per heavy atom. The number of H-pyrrole nitrogens is 1. The number of aromatic amines is 1. The van der Waals surface area contributed by atoms with Crippen LogP contribution < -0.4 is 19.9 Å². The maximum atomic E-state index is 13.2. The third kappa shape index (κ3) is 4.91. The van der Waals surface area contributed by atoms with Crippen molar-refractivity contribution in [2.45, 2.75) is 32.2 Å². The fourth-order valence-corrected chi connectivity index (χ4v) is 5.57. The van der Waals surface area contributed by atoms with Gasteiger partial charge < -0.3 is 15.0 Å². The Kier molecular flexibility index (Phi) is 6.64. The number of hydrogen-bond donors (Lipinski definition) is 2. The van der Waals surface area contributed by atoms with E-state index in [1.54, 1.807) is 25.1 Å². The number of thiophene rings is 1. The highest BCUT2D eigenvalue weighted by Crippen LogP contribution is 2.33. The van der Waals surface area contributed by atoms with Crippen LogP contribution in [0.4, 0.5) is 11.5 Å². The van der Waals surface area contributed by atoms with Crippen molar-refractivity contribution in [1.29, 1.82) is 0 Å². The summed E-state index contributed by atoms with van der Waals surface area (Å²) in [7, 11) is 3.34. The van der Waals surface area contributed by atoms with Crippen molar-refractivity contribution in [3.63, 3.8) is 0 Å². The molecule has 0 unspecified atom stereocenters. The van der Waals surface area contributed by atoms with E-state index in [4.69, 9.17) is 4.74 Å². The highest BCUT2D eigenvalue weighted by atomic mass is 32.1. The van der Waals surface area contributed by atoms with Gasteiger partial charge in [0.25, 0.3) is 11.8 Å². The Labute approximate surface area is 220 Å². The summed E-state index contributed by atoms with van der Waals surface area (Å²) in [6, 6.07) is 17.2. The molecule has 5 rings (SSSR count). The zero-order chi connectivity index (χ0) is 26.2. The minimum Gasteiger partial charge on any atom is -0.497 e. The van der Waals surface area contributed by atoms with Crippen molar-refractivity contribution in [1.82, 2.24) is 15.5 Å². The number of methoxy groups -OCH3 is 1. The van der Waals surface area contributed by atoms with Crippen LogP contribution in [0.1, 0.15) is 52.3 Å². The molecule has 2 aromatic carbocycles. The van der Waals surface area contributed by atoms with Crippen LogP contribution in [0.3, 0.4) is 0 Å². The summed E-state index contributed by atoms with van der Waals surface area (Å²) in [5.74, 6) is 0.950. The minimum atomic E-state index is -0.615. The molecule has 2 amide bonds. The van der Waals surface area contributed by atoms with E-state index >= 15 is 0 Å². The first-order valence-electron chi connectivity index (χ1n) is 12.3. The van der Waals surface area contributed by atoms with E-state index < -0.39 is 5.54 Å². The molecule has 9 heteroatoms. The molecule has 0 bridgehead atoms. The van der Waals surface area contributed by atoms with Crippen LogP contribution in [0.25, 0.3) is 10.2 Å². The Hall–Kier alpha value is -3.85. The van der Waals surface area contributed by atoms with Crippen molar-refractivity contribution in [3.8, 4) is 5.75 Å². The minimum absolute atomic E-state index is 0.144. The lowest BCUT2D eigenvalue weighted by Gasteiger charge is -2.27. The van der Waals surface area contributed by atoms with Crippen molar-refractivity contribution in [2.24, 2.45) is 0 Å². The zero-order valence-electron chi connectivity index (χ0n) is 21.5. The monoisotopic (exact) mass is 517 g/mol. The van der Waals surface area contributed by atoms with Crippen LogP contribution in [0.15, 0.2) is 54.6 Å². The molecule has 1 saturated heterocycles. The summed E-state index contributed by atoms with van der Waals surface area (Å²) in [6.45, 7) is 6.02. The quantitative estimate of drug-likeness (QED) is 0.353. The van der Waals surface area contributed by atoms with Gasteiger partial charge in [-0.3, -0.25) is 19.6 Å². The number of carbonyl (C=O) groups excluding carboxylic acids is 2. The van der Waals surface area contributed by atoms with Crippen LogP contribution in [-0.2, 0) is 5.54 Å². The second kappa shape index (κ2) is 9.89. The lowest BCUT2D eigenvalue weighted by atomic mass is 9.94. The lowest BCUT2D eigenvalue weighted by molar-refractivity contribution is 0.0915. The topological polar surface area (TPSA) is 90.6 Å². The number of ether oxygens (including phenoxy) is 1. The number of rotatable bonds is 7. The molecule has 0 radical (unpaired) electrons. The second-order valence-corrected chi connectivity index (χ2v) is 10.8. The summed E-state index contributed by atoms with van der Waals surface area (Å²) in [5, 5.41) is 11.2. The van der Waals surface area contributed by atoms with E-state index in [0.29, 0.717) is 21.1 Å². The highest BCUT2D eigenvalue weighted by Gasteiger charge is 2.27. The molecule has 4 aromatic rings. The molecular weight excluding hydrogens is 486 g/mol. The van der Waals surface area contributed by atoms with Crippen LogP contribution in [0, 0.1) is 0 Å². The molecule has 192 valence electrons. The molecular formula is C28H31N5O3S. The summed E-state index contributed by atoms with van der Waals surface area (Å²) < 4.78 is 5.33. The first-order chi connectivity index (χ1) is 17.8. The van der Waals surface area contributed by atoms with Gasteiger partial charge in [0.2, 0.25) is 0 Å². The Bertz CT molecular complexity index is 1430. The number of amides is 2. The molecule has 3 heterocycles. The predicted molar refractivity (Wildman–Crippen MR) is 148 cm³/mol. The molecule has 37 heavy (non-hydrogen) atoms. The maximum absolute atomic E-state index is 13.2. The van der Waals surface area contributed by atoms with Gasteiger partial charge in [-0.15, -0.1) is 11.3 Å². The predicted octanol–water partition coefficient (Wildman–Crippen LogP) is 5.17. The smallest absolute Gasteiger partial charge is 0.262 e. The fourth-order valence-electron chi connectivity index (χ4n) is 4.68. The molecule has 0 aliphatic carbocycles. The number of nitrogens with one attached hydrogen (secondary N) is 2. The van der Waals surface area contributed by atoms with E-state index in [2.05, 4.69) is 20.4 Å². The average molecular weight is 518 g/mol. The largest absolute Gasteiger partial charge is 0.497 e. The van der Waals surface area contributed by atoms with E-state index in [1.807, 2.05) is 62.4 Å². The van der Waals surface area contributed by atoms with E-state index in [-0.39, 0.29) is 11.8 Å². The molecule has 8 nitrogen and oxygen atoms in total. The van der Waals surface area contributed by atoms with Crippen molar-refractivity contribution in [3.05, 3.63) is 70.6 Å². The summed E-state index contributed by atoms with van der Waals surface area (Å²) >= 11 is 1.29. The van der Waals surface area contributed by atoms with Crippen molar-refractivity contribution in [2.75, 3.05) is 37.0 Å². The van der Waals surface area contributed by atoms with E-state index in [9.17, 15) is 9.59 Å². The van der Waals surface area contributed by atoms with Crippen LogP contribution in [0.5, 0.6) is 5.75 Å². The third-order valence-corrected chi connectivity index (χ3v) is 7.93. The maximum Gasteiger partial charge on any atom is 0.262 e. The van der Waals surface area contributed by atoms with Gasteiger partial charge >= 0.3 is 0 Å². The highest BCUT2D eigenvalue weighted by molar-refractivity contribution is 7.20. The normalized spacial score (nSPS) is 13.7. The SMILES string of the molecule is COc1cccc(C(C)(C)NC(=O)c2cc3c(N(C)C(=O)c4ccc(N5CCCC5)cc4)[nH]nc3s2)c1. The van der Waals surface area contributed by atoms with Gasteiger partial charge in [0.15, 0.2) is 0 Å². The van der Waals surface area contributed by atoms with Crippen LogP contribution in [-0.4, -0.2) is 49.3 Å². The molecule has 2 aromatic heterocycles. The van der Waals surface area contributed by atoms with Gasteiger partial charge in [-0.2, -0.15) is 5.10 Å². The molecule has 0 atom stereocenters. The van der Waals surface area contributed by atoms with Gasteiger partial charge in [-0.1, -0.05) is 12.1 Å². The summed E-state index contributed by atoms with van der Waals surface area (Å²) in [4.78, 5) is 31.5. The zero-order valence-corrected chi connectivity index (χ0v) is 22.3. The Morgan fingerprint density at radius 2 is 1.84 bits per heavy atom. The molecule has 0 spiro atoms. The standard InChI is InChI=1S/C28H31N5O3S/c1-28(2,19-8-7-9-21(16-19)36-4)29-25(34)23-17-22-24(30-31-26(22)37-23)32(3)27(35)18-10-12-20(13-11-18)33-14-5-6-15-33/h7-13,16-17H,5-6,14-15H2,1-4H3,(H,29,34)(H,30,31). The Balaban J connectivity index is 1.33. The number of hydrogen-bond acceptors (Lipinski definition) is 6. The van der Waals surface area contributed by atoms with E-state index in [0.717, 1.165) is 35.5 Å². The van der Waals surface area contributed by atoms with Gasteiger partial charge in [0, 0.05) is 31.4 Å². The van der Waals surface area contributed by atoms with Crippen LogP contribution >= 0.6 is 11.3 Å². The second-order valence-electron chi connectivity index (χ2n) is 9.82. The number of anilines is 2. The first kappa shape index (κ1) is 24.8. The molecule has 1 aliphatic rings. The molecule has 0 saturated carbocycles. The Morgan fingerprint density at radius 1 is 1.11 bits per heavy atom. The fraction of sp³-hybridized carbons (Fsp3) is 0.321. The van der Waals surface area contributed by atoms with Gasteiger partial charge in [-0.05, 0) is 74.7 Å². The van der Waals surface area contributed by atoms with Crippen LogP contribution in [0.2, 0.25) is 0 Å². The molecule has 2 N–H and O–H groups in total. The molecule has 1 fully saturated rings. The summed E-state index contributed by atoms with van der Waals surface area (Å²) in [6.07, 6.45) is 2.41. The van der Waals surface area contributed by atoms with Crippen molar-refractivity contribution < 1.29 is 14.3 Å². The molecule has 1 aliphatic heterocycles. The van der Waals surface area contributed by atoms with Gasteiger partial charge in [0.1, 0.15) is 16.4 Å². The number of aromatic nitrogens is 2. The van der Waals surface area contributed by atoms with Gasteiger partial charge in [0.05, 0.1) is 22.9 Å². The summed E-state index contributed by atoms with van der Waals surface area (Å²) in [5.41, 5.74) is 2.06. The van der Waals surface area contributed by atoms with E-state index in [1.165, 1.54) is 24.2 Å². The number of nitrogens with zero attached hydrogens (tertiary/aromatic N) is 3. The number of carbonyl (C=O) groups is 2.